The summed E-state index contributed by atoms with van der Waals surface area (Å²) in [6, 6.07) is 23.0. The number of nitrogens with zero attached hydrogens (tertiary/aromatic N) is 3. The number of likely N-dealkylation sites (tertiary alicyclic amines) is 1. The fraction of sp³-hybridized carbons (Fsp3) is 0.250. The van der Waals surface area contributed by atoms with E-state index in [0.717, 1.165) is 37.2 Å². The molecular formula is C32H31N5O5. The van der Waals surface area contributed by atoms with E-state index in [9.17, 15) is 14.4 Å². The molecule has 0 saturated carbocycles. The lowest BCUT2D eigenvalue weighted by Crippen LogP contribution is -2.32. The van der Waals surface area contributed by atoms with Gasteiger partial charge in [0.05, 0.1) is 5.69 Å². The lowest BCUT2D eigenvalue weighted by atomic mass is 10.1. The van der Waals surface area contributed by atoms with Crippen LogP contribution in [0.1, 0.15) is 47.4 Å². The van der Waals surface area contributed by atoms with Crippen LogP contribution in [0.15, 0.2) is 78.9 Å². The first-order valence-corrected chi connectivity index (χ1v) is 14.0. The zero-order valence-corrected chi connectivity index (χ0v) is 23.2. The predicted molar refractivity (Wildman–Crippen MR) is 157 cm³/mol. The van der Waals surface area contributed by atoms with Gasteiger partial charge in [-0.2, -0.15) is 5.10 Å². The van der Waals surface area contributed by atoms with Gasteiger partial charge in [-0.15, -0.1) is 0 Å². The first-order valence-electron chi connectivity index (χ1n) is 14.0. The number of Topliss-reactive ketones (excluding diaryl/α,β-unsaturated/α-hetero) is 1. The Morgan fingerprint density at radius 1 is 0.905 bits per heavy atom. The highest BCUT2D eigenvalue weighted by molar-refractivity contribution is 6.04. The molecule has 0 bridgehead atoms. The van der Waals surface area contributed by atoms with Gasteiger partial charge in [-0.1, -0.05) is 18.2 Å². The van der Waals surface area contributed by atoms with Gasteiger partial charge in [-0.05, 0) is 80.4 Å². The number of nitrogens with one attached hydrogen (secondary N) is 2. The van der Waals surface area contributed by atoms with E-state index in [2.05, 4.69) is 15.5 Å². The maximum atomic E-state index is 13.1. The first kappa shape index (κ1) is 27.1. The van der Waals surface area contributed by atoms with Crippen molar-refractivity contribution in [2.45, 2.75) is 32.4 Å². The van der Waals surface area contributed by atoms with Crippen molar-refractivity contribution >= 4 is 29.1 Å². The van der Waals surface area contributed by atoms with Crippen LogP contribution in [0.25, 0.3) is 0 Å². The van der Waals surface area contributed by atoms with E-state index in [1.54, 1.807) is 36.4 Å². The van der Waals surface area contributed by atoms with Gasteiger partial charge in [-0.25, -0.2) is 0 Å². The number of ether oxygens (including phenoxy) is 2. The predicted octanol–water partition coefficient (Wildman–Crippen LogP) is 5.11. The third-order valence-corrected chi connectivity index (χ3v) is 7.51. The van der Waals surface area contributed by atoms with Gasteiger partial charge in [0.25, 0.3) is 11.8 Å². The number of rotatable bonds is 9. The molecule has 10 heteroatoms. The third kappa shape index (κ3) is 5.69. The molecule has 1 unspecified atom stereocenters. The summed E-state index contributed by atoms with van der Waals surface area (Å²) >= 11 is 0. The summed E-state index contributed by atoms with van der Waals surface area (Å²) in [5.41, 5.74) is 2.67. The van der Waals surface area contributed by atoms with E-state index in [1.165, 1.54) is 6.92 Å². The molecule has 1 atom stereocenters. The van der Waals surface area contributed by atoms with Crippen molar-refractivity contribution in [2.75, 3.05) is 29.9 Å². The van der Waals surface area contributed by atoms with Crippen molar-refractivity contribution in [3.8, 4) is 17.2 Å². The monoisotopic (exact) mass is 565 g/mol. The van der Waals surface area contributed by atoms with Crippen LogP contribution in [0.3, 0.4) is 0 Å². The number of fused-ring (bicyclic) bond motifs is 1. The topological polar surface area (TPSA) is 117 Å². The Balaban J connectivity index is 1.11. The van der Waals surface area contributed by atoms with Crippen LogP contribution in [-0.2, 0) is 16.1 Å². The van der Waals surface area contributed by atoms with Gasteiger partial charge < -0.3 is 24.6 Å². The van der Waals surface area contributed by atoms with Gasteiger partial charge in [0.1, 0.15) is 23.3 Å². The van der Waals surface area contributed by atoms with E-state index in [-0.39, 0.29) is 24.2 Å². The molecule has 6 rings (SSSR count). The molecule has 1 aromatic heterocycles. The van der Waals surface area contributed by atoms with Crippen LogP contribution in [0.2, 0.25) is 0 Å². The summed E-state index contributed by atoms with van der Waals surface area (Å²) in [5.74, 6) is 1.91. The molecule has 214 valence electrons. The Morgan fingerprint density at radius 2 is 1.57 bits per heavy atom. The molecule has 0 radical (unpaired) electrons. The number of H-pyrrole nitrogens is 1. The zero-order chi connectivity index (χ0) is 29.1. The smallest absolute Gasteiger partial charge is 0.260 e. The fourth-order valence-corrected chi connectivity index (χ4v) is 5.36. The van der Waals surface area contributed by atoms with Crippen LogP contribution < -0.4 is 19.7 Å². The highest BCUT2D eigenvalue weighted by Crippen LogP contribution is 2.40. The Morgan fingerprint density at radius 3 is 2.26 bits per heavy atom. The molecule has 2 amide bonds. The van der Waals surface area contributed by atoms with Gasteiger partial charge in [0, 0.05) is 36.4 Å². The van der Waals surface area contributed by atoms with Crippen LogP contribution in [-0.4, -0.2) is 52.4 Å². The quantitative estimate of drug-likeness (QED) is 0.290. The van der Waals surface area contributed by atoms with Crippen LogP contribution in [0.5, 0.6) is 17.2 Å². The van der Waals surface area contributed by atoms with Crippen LogP contribution in [0.4, 0.5) is 11.5 Å². The second-order valence-corrected chi connectivity index (χ2v) is 10.4. The maximum absolute atomic E-state index is 13.1. The second-order valence-electron chi connectivity index (χ2n) is 10.4. The molecule has 2 N–H and O–H groups in total. The normalized spacial score (nSPS) is 15.8. The average Bonchev–Trinajstić information content (AvgIpc) is 3.76. The number of anilines is 2. The van der Waals surface area contributed by atoms with Crippen molar-refractivity contribution in [3.63, 3.8) is 0 Å². The fourth-order valence-electron chi connectivity index (χ4n) is 5.36. The van der Waals surface area contributed by atoms with Gasteiger partial charge in [0.2, 0.25) is 0 Å². The van der Waals surface area contributed by atoms with Crippen molar-refractivity contribution in [1.82, 2.24) is 15.1 Å². The number of carbonyl (C=O) groups excluding carboxylic acids is 3. The first-order chi connectivity index (χ1) is 20.5. The molecule has 2 aliphatic heterocycles. The summed E-state index contributed by atoms with van der Waals surface area (Å²) < 4.78 is 11.5. The molecule has 3 heterocycles. The van der Waals surface area contributed by atoms with Crippen molar-refractivity contribution < 1.29 is 23.9 Å². The number of ketones is 1. The van der Waals surface area contributed by atoms with E-state index >= 15 is 0 Å². The Hall–Kier alpha value is -5.12. The van der Waals surface area contributed by atoms with Gasteiger partial charge in [0.15, 0.2) is 18.2 Å². The van der Waals surface area contributed by atoms with Crippen LogP contribution in [0, 0.1) is 0 Å². The lowest BCUT2D eigenvalue weighted by Gasteiger charge is -2.25. The highest BCUT2D eigenvalue weighted by Gasteiger charge is 2.38. The van der Waals surface area contributed by atoms with Crippen molar-refractivity contribution in [3.05, 3.63) is 95.7 Å². The highest BCUT2D eigenvalue weighted by atomic mass is 16.5. The molecular weight excluding hydrogens is 534 g/mol. The summed E-state index contributed by atoms with van der Waals surface area (Å²) in [6.45, 7) is 3.49. The molecule has 0 aliphatic carbocycles. The van der Waals surface area contributed by atoms with E-state index in [1.807, 2.05) is 52.3 Å². The third-order valence-electron chi connectivity index (χ3n) is 7.51. The minimum Gasteiger partial charge on any atom is -0.484 e. The standard InChI is InChI=1S/C32H31N5O5/c1-21(38)30-29-27(19-37(30)23-11-15-24(16-12-23)41-20-28(39)36-17-5-6-18-36)31(35-34-29)33-32(40)22-9-13-26(14-10-22)42-25-7-3-2-4-8-25/h2-4,7-16,30H,5-6,17-20H2,1H3,(H2,33,34,35,40). The number of aromatic amines is 1. The number of aromatic nitrogens is 2. The molecule has 3 aromatic carbocycles. The molecule has 0 spiro atoms. The summed E-state index contributed by atoms with van der Waals surface area (Å²) in [5, 5.41) is 10.2. The Bertz CT molecular complexity index is 1580. The zero-order valence-electron chi connectivity index (χ0n) is 23.2. The molecule has 10 nitrogen and oxygen atoms in total. The number of amides is 2. The molecule has 1 fully saturated rings. The van der Waals surface area contributed by atoms with E-state index < -0.39 is 6.04 Å². The van der Waals surface area contributed by atoms with E-state index in [4.69, 9.17) is 9.47 Å². The largest absolute Gasteiger partial charge is 0.484 e. The van der Waals surface area contributed by atoms with Gasteiger partial charge >= 0.3 is 0 Å². The summed E-state index contributed by atoms with van der Waals surface area (Å²) in [6.07, 6.45) is 2.07. The van der Waals surface area contributed by atoms with Crippen molar-refractivity contribution in [2.24, 2.45) is 0 Å². The molecule has 4 aromatic rings. The van der Waals surface area contributed by atoms with Crippen molar-refractivity contribution in [1.29, 1.82) is 0 Å². The maximum Gasteiger partial charge on any atom is 0.260 e. The summed E-state index contributed by atoms with van der Waals surface area (Å²) in [7, 11) is 0. The Labute approximate surface area is 243 Å². The second kappa shape index (κ2) is 11.8. The number of para-hydroxylation sites is 1. The average molecular weight is 566 g/mol. The summed E-state index contributed by atoms with van der Waals surface area (Å²) in [4.78, 5) is 41.9. The molecule has 42 heavy (non-hydrogen) atoms. The molecule has 2 aliphatic rings. The Kier molecular flexibility index (Phi) is 7.59. The minimum absolute atomic E-state index is 0.00119. The lowest BCUT2D eigenvalue weighted by molar-refractivity contribution is -0.132. The number of hydrogen-bond acceptors (Lipinski definition) is 7. The van der Waals surface area contributed by atoms with Gasteiger partial charge in [-0.3, -0.25) is 19.5 Å². The number of hydrogen-bond donors (Lipinski definition) is 2. The number of carbonyl (C=O) groups is 3. The van der Waals surface area contributed by atoms with E-state index in [0.29, 0.717) is 40.9 Å². The SMILES string of the molecule is CC(=O)C1c2[nH]nc(NC(=O)c3ccc(Oc4ccccc4)cc3)c2CN1c1ccc(OCC(=O)N2CCCC2)cc1. The minimum atomic E-state index is -0.573. The molecule has 1 saturated heterocycles. The number of benzene rings is 3. The van der Waals surface area contributed by atoms with Crippen LogP contribution >= 0.6 is 0 Å².